The minimum absolute atomic E-state index is 0.176. The lowest BCUT2D eigenvalue weighted by atomic mass is 9.88. The van der Waals surface area contributed by atoms with Crippen LogP contribution in [0.15, 0.2) is 24.1 Å². The van der Waals surface area contributed by atoms with Crippen LogP contribution in [-0.4, -0.2) is 39.5 Å². The molecule has 0 radical (unpaired) electrons. The van der Waals surface area contributed by atoms with Crippen molar-refractivity contribution in [2.75, 3.05) is 18.2 Å². The Morgan fingerprint density at radius 2 is 2.37 bits per heavy atom. The van der Waals surface area contributed by atoms with E-state index in [1.54, 1.807) is 12.4 Å². The summed E-state index contributed by atoms with van der Waals surface area (Å²) in [7, 11) is 1.37. The molecule has 1 aliphatic carbocycles. The zero-order valence-corrected chi connectivity index (χ0v) is 17.0. The number of rotatable bonds is 7. The van der Waals surface area contributed by atoms with Crippen molar-refractivity contribution in [1.82, 2.24) is 14.8 Å². The topological polar surface area (TPSA) is 86.1 Å². The van der Waals surface area contributed by atoms with Gasteiger partial charge in [0.1, 0.15) is 11.3 Å². The van der Waals surface area contributed by atoms with E-state index in [9.17, 15) is 9.59 Å². The van der Waals surface area contributed by atoms with Crippen molar-refractivity contribution in [2.24, 2.45) is 5.92 Å². The van der Waals surface area contributed by atoms with Gasteiger partial charge in [0.25, 0.3) is 0 Å². The molecule has 0 saturated heterocycles. The van der Waals surface area contributed by atoms with Crippen molar-refractivity contribution in [1.29, 1.82) is 0 Å². The third kappa shape index (κ3) is 4.41. The predicted octanol–water partition coefficient (Wildman–Crippen LogP) is 3.17. The molecule has 0 aliphatic heterocycles. The average molecular weight is 407 g/mol. The number of anilines is 1. The number of nitrogens with zero attached hydrogens (tertiary/aromatic N) is 3. The number of nitrogens with one attached hydrogen (secondary N) is 1. The summed E-state index contributed by atoms with van der Waals surface area (Å²) in [4.78, 5) is 25.9. The van der Waals surface area contributed by atoms with Gasteiger partial charge in [-0.3, -0.25) is 4.79 Å². The third-order valence-electron chi connectivity index (χ3n) is 4.39. The lowest BCUT2D eigenvalue weighted by molar-refractivity contribution is -0.113. The second-order valence-corrected chi connectivity index (χ2v) is 8.49. The molecule has 0 saturated carbocycles. The number of aromatic nitrogens is 3. The molecule has 0 aromatic carbocycles. The van der Waals surface area contributed by atoms with E-state index in [-0.39, 0.29) is 11.7 Å². The lowest BCUT2D eigenvalue weighted by Gasteiger charge is -2.18. The van der Waals surface area contributed by atoms with Crippen molar-refractivity contribution < 1.29 is 14.3 Å². The van der Waals surface area contributed by atoms with Gasteiger partial charge in [-0.1, -0.05) is 24.8 Å². The van der Waals surface area contributed by atoms with Crippen molar-refractivity contribution >= 4 is 40.0 Å². The van der Waals surface area contributed by atoms with Crippen LogP contribution in [0, 0.1) is 5.92 Å². The number of ether oxygens (including phenoxy) is 1. The van der Waals surface area contributed by atoms with E-state index in [1.807, 2.05) is 4.57 Å². The van der Waals surface area contributed by atoms with Crippen LogP contribution >= 0.6 is 23.1 Å². The number of esters is 1. The van der Waals surface area contributed by atoms with Crippen LogP contribution in [0.3, 0.4) is 0 Å². The molecule has 0 spiro atoms. The lowest BCUT2D eigenvalue weighted by Crippen LogP contribution is -2.17. The van der Waals surface area contributed by atoms with Crippen LogP contribution in [0.4, 0.5) is 5.00 Å². The van der Waals surface area contributed by atoms with Gasteiger partial charge in [-0.05, 0) is 30.7 Å². The maximum absolute atomic E-state index is 12.5. The van der Waals surface area contributed by atoms with Gasteiger partial charge in [-0.15, -0.1) is 28.1 Å². The highest BCUT2D eigenvalue weighted by Gasteiger charge is 2.28. The number of fused-ring (bicyclic) bond motifs is 1. The van der Waals surface area contributed by atoms with Crippen molar-refractivity contribution in [2.45, 2.75) is 37.9 Å². The minimum Gasteiger partial charge on any atom is -0.465 e. The van der Waals surface area contributed by atoms with Crippen LogP contribution in [0.2, 0.25) is 0 Å². The quantitative estimate of drug-likeness (QED) is 0.432. The van der Waals surface area contributed by atoms with Gasteiger partial charge in [0.15, 0.2) is 5.16 Å². The fourth-order valence-electron chi connectivity index (χ4n) is 3.07. The first-order valence-electron chi connectivity index (χ1n) is 8.67. The summed E-state index contributed by atoms with van der Waals surface area (Å²) >= 11 is 2.78. The summed E-state index contributed by atoms with van der Waals surface area (Å²) in [6, 6.07) is 0. The highest BCUT2D eigenvalue weighted by molar-refractivity contribution is 7.99. The van der Waals surface area contributed by atoms with Gasteiger partial charge < -0.3 is 14.6 Å². The Bertz CT molecular complexity index is 859. The van der Waals surface area contributed by atoms with Crippen LogP contribution in [0.25, 0.3) is 0 Å². The van der Waals surface area contributed by atoms with Gasteiger partial charge >= 0.3 is 5.97 Å². The Balaban J connectivity index is 1.72. The van der Waals surface area contributed by atoms with E-state index in [4.69, 9.17) is 4.74 Å². The molecular formula is C18H22N4O3S2. The molecule has 1 amide bonds. The number of amides is 1. The summed E-state index contributed by atoms with van der Waals surface area (Å²) in [5, 5.41) is 12.0. The Hall–Kier alpha value is -2.13. The van der Waals surface area contributed by atoms with Gasteiger partial charge in [0.05, 0.1) is 18.4 Å². The summed E-state index contributed by atoms with van der Waals surface area (Å²) in [6.45, 7) is 6.48. The number of allylic oxidation sites excluding steroid dienone is 1. The fourth-order valence-corrected chi connectivity index (χ4v) is 5.21. The summed E-state index contributed by atoms with van der Waals surface area (Å²) < 4.78 is 6.77. The van der Waals surface area contributed by atoms with Gasteiger partial charge in [0, 0.05) is 11.4 Å². The number of carbonyl (C=O) groups excluding carboxylic acids is 2. The fraction of sp³-hybridized carbons (Fsp3) is 0.444. The molecular weight excluding hydrogens is 384 g/mol. The first-order valence-corrected chi connectivity index (χ1v) is 10.5. The molecule has 144 valence electrons. The standard InChI is InChI=1S/C18H22N4O3S2/c1-4-7-22-10-19-21-18(22)26-9-14(23)20-16-15(17(24)25-3)12-6-5-11(2)8-13(12)27-16/h4,10-11H,1,5-9H2,2-3H3,(H,20,23)/t11-/m0/s1. The Kier molecular flexibility index (Phi) is 6.33. The number of hydrogen-bond donors (Lipinski definition) is 1. The first-order chi connectivity index (χ1) is 13.0. The molecule has 0 fully saturated rings. The van der Waals surface area contributed by atoms with Gasteiger partial charge in [-0.2, -0.15) is 0 Å². The van der Waals surface area contributed by atoms with Crippen molar-refractivity contribution in [3.05, 3.63) is 35.0 Å². The zero-order chi connectivity index (χ0) is 19.4. The van der Waals surface area contributed by atoms with Crippen molar-refractivity contribution in [3.63, 3.8) is 0 Å². The smallest absolute Gasteiger partial charge is 0.341 e. The maximum atomic E-state index is 12.5. The Morgan fingerprint density at radius 3 is 3.11 bits per heavy atom. The minimum atomic E-state index is -0.393. The molecule has 2 heterocycles. The monoisotopic (exact) mass is 406 g/mol. The molecule has 0 unspecified atom stereocenters. The van der Waals surface area contributed by atoms with Gasteiger partial charge in [-0.25, -0.2) is 4.79 Å². The predicted molar refractivity (Wildman–Crippen MR) is 106 cm³/mol. The second kappa shape index (κ2) is 8.71. The summed E-state index contributed by atoms with van der Waals surface area (Å²) in [5.41, 5.74) is 1.54. The molecule has 1 atom stereocenters. The van der Waals surface area contributed by atoms with E-state index in [0.29, 0.717) is 28.2 Å². The van der Waals surface area contributed by atoms with Gasteiger partial charge in [0.2, 0.25) is 5.91 Å². The SMILES string of the molecule is C=CCn1cnnc1SCC(=O)Nc1sc2c(c1C(=O)OC)CC[C@H](C)C2. The molecule has 2 aromatic rings. The zero-order valence-electron chi connectivity index (χ0n) is 15.4. The van der Waals surface area contributed by atoms with E-state index in [1.165, 1.54) is 35.1 Å². The van der Waals surface area contributed by atoms with Crippen LogP contribution in [0.1, 0.15) is 34.1 Å². The number of thiophene rings is 1. The van der Waals surface area contributed by atoms with Crippen LogP contribution in [0.5, 0.6) is 0 Å². The van der Waals surface area contributed by atoms with E-state index >= 15 is 0 Å². The summed E-state index contributed by atoms with van der Waals surface area (Å²) in [5.74, 6) is 0.174. The third-order valence-corrected chi connectivity index (χ3v) is 6.54. The average Bonchev–Trinajstić information content (AvgIpc) is 3.23. The first kappa shape index (κ1) is 19.6. The highest BCUT2D eigenvalue weighted by atomic mass is 32.2. The molecule has 1 aliphatic rings. The van der Waals surface area contributed by atoms with E-state index in [2.05, 4.69) is 29.0 Å². The Morgan fingerprint density at radius 1 is 1.56 bits per heavy atom. The second-order valence-electron chi connectivity index (χ2n) is 6.44. The molecule has 1 N–H and O–H groups in total. The molecule has 27 heavy (non-hydrogen) atoms. The summed E-state index contributed by atoms with van der Waals surface area (Å²) in [6.07, 6.45) is 6.15. The maximum Gasteiger partial charge on any atom is 0.341 e. The number of methoxy groups -OCH3 is 1. The Labute approximate surface area is 166 Å². The number of carbonyl (C=O) groups is 2. The molecule has 7 nitrogen and oxygen atoms in total. The van der Waals surface area contributed by atoms with E-state index in [0.717, 1.165) is 24.8 Å². The largest absolute Gasteiger partial charge is 0.465 e. The highest BCUT2D eigenvalue weighted by Crippen LogP contribution is 2.40. The molecule has 9 heteroatoms. The number of thioether (sulfide) groups is 1. The van der Waals surface area contributed by atoms with E-state index < -0.39 is 5.97 Å². The van der Waals surface area contributed by atoms with Crippen LogP contribution in [-0.2, 0) is 28.9 Å². The van der Waals surface area contributed by atoms with Crippen LogP contribution < -0.4 is 5.32 Å². The normalized spacial score (nSPS) is 15.9. The number of hydrogen-bond acceptors (Lipinski definition) is 7. The molecule has 2 aromatic heterocycles. The molecule has 3 rings (SSSR count). The molecule has 0 bridgehead atoms. The van der Waals surface area contributed by atoms with Crippen molar-refractivity contribution in [3.8, 4) is 0 Å².